The predicted molar refractivity (Wildman–Crippen MR) is 66.1 cm³/mol. The molecule has 0 spiro atoms. The van der Waals surface area contributed by atoms with E-state index in [0.717, 1.165) is 25.9 Å². The molecule has 0 aliphatic carbocycles. The zero-order chi connectivity index (χ0) is 12.1. The Morgan fingerprint density at radius 3 is 1.80 bits per heavy atom. The minimum Gasteiger partial charge on any atom is -0.297 e. The Morgan fingerprint density at radius 2 is 1.53 bits per heavy atom. The van der Waals surface area contributed by atoms with E-state index in [1.165, 1.54) is 0 Å². The highest BCUT2D eigenvalue weighted by Gasteiger charge is 2.29. The molecule has 90 valence electrons. The summed E-state index contributed by atoms with van der Waals surface area (Å²) in [6.45, 7) is 14.4. The summed E-state index contributed by atoms with van der Waals surface area (Å²) in [4.78, 5) is 14.4. The summed E-state index contributed by atoms with van der Waals surface area (Å²) >= 11 is 0. The lowest BCUT2D eigenvalue weighted by atomic mass is 9.86. The number of carbonyl (C=O) groups is 1. The number of hydrogen-bond donors (Lipinski definition) is 0. The second-order valence-corrected chi connectivity index (χ2v) is 5.33. The fraction of sp³-hybridized carbons (Fsp3) is 0.923. The maximum Gasteiger partial charge on any atom is 0.154 e. The molecule has 0 saturated carbocycles. The molecule has 2 nitrogen and oxygen atoms in total. The number of nitrogens with zero attached hydrogens (tertiary/aromatic N) is 1. The van der Waals surface area contributed by atoms with Crippen molar-refractivity contribution in [2.24, 2.45) is 5.41 Å². The Labute approximate surface area is 95.0 Å². The van der Waals surface area contributed by atoms with E-state index in [9.17, 15) is 4.79 Å². The average Bonchev–Trinajstić information content (AvgIpc) is 2.14. The van der Waals surface area contributed by atoms with E-state index in [2.05, 4.69) is 18.7 Å². The smallest absolute Gasteiger partial charge is 0.154 e. The minimum atomic E-state index is -0.223. The summed E-state index contributed by atoms with van der Waals surface area (Å²) in [5.41, 5.74) is -0.223. The minimum absolute atomic E-state index is 0.0601. The molecule has 0 N–H and O–H groups in total. The van der Waals surface area contributed by atoms with Crippen LogP contribution in [0.2, 0.25) is 0 Å². The van der Waals surface area contributed by atoms with Crippen molar-refractivity contribution in [3.05, 3.63) is 0 Å². The maximum atomic E-state index is 12.1. The normalized spacial score (nSPS) is 14.3. The van der Waals surface area contributed by atoms with Crippen molar-refractivity contribution in [1.82, 2.24) is 4.90 Å². The van der Waals surface area contributed by atoms with Gasteiger partial charge in [0.05, 0.1) is 6.04 Å². The molecule has 0 heterocycles. The molecule has 0 fully saturated rings. The standard InChI is InChI=1S/C13H27NO/c1-7-9-14(10-8-2)11(3)12(15)13(4,5)6/h11H,7-10H2,1-6H3/t11-/m0/s1. The van der Waals surface area contributed by atoms with Crippen molar-refractivity contribution in [3.63, 3.8) is 0 Å². The quantitative estimate of drug-likeness (QED) is 0.675. The van der Waals surface area contributed by atoms with Crippen LogP contribution in [-0.4, -0.2) is 29.8 Å². The van der Waals surface area contributed by atoms with Gasteiger partial charge < -0.3 is 0 Å². The first-order valence-corrected chi connectivity index (χ1v) is 6.13. The van der Waals surface area contributed by atoms with E-state index in [-0.39, 0.29) is 11.5 Å². The van der Waals surface area contributed by atoms with Crippen LogP contribution in [-0.2, 0) is 4.79 Å². The summed E-state index contributed by atoms with van der Waals surface area (Å²) in [5, 5.41) is 0. The number of rotatable bonds is 6. The van der Waals surface area contributed by atoms with E-state index < -0.39 is 0 Å². The van der Waals surface area contributed by atoms with Crippen LogP contribution in [0, 0.1) is 5.41 Å². The van der Waals surface area contributed by atoms with Crippen LogP contribution in [0.25, 0.3) is 0 Å². The molecule has 0 unspecified atom stereocenters. The number of hydrogen-bond acceptors (Lipinski definition) is 2. The molecule has 1 atom stereocenters. The van der Waals surface area contributed by atoms with Crippen molar-refractivity contribution < 1.29 is 4.79 Å². The zero-order valence-corrected chi connectivity index (χ0v) is 11.3. The largest absolute Gasteiger partial charge is 0.297 e. The molecular weight excluding hydrogens is 186 g/mol. The first-order chi connectivity index (χ1) is 6.84. The van der Waals surface area contributed by atoms with Gasteiger partial charge in [-0.05, 0) is 32.9 Å². The molecule has 2 heteroatoms. The van der Waals surface area contributed by atoms with Gasteiger partial charge in [-0.3, -0.25) is 9.69 Å². The first kappa shape index (κ1) is 14.6. The molecule has 0 saturated heterocycles. The lowest BCUT2D eigenvalue weighted by Crippen LogP contribution is -2.44. The van der Waals surface area contributed by atoms with Gasteiger partial charge in [0.15, 0.2) is 5.78 Å². The predicted octanol–water partition coefficient (Wildman–Crippen LogP) is 3.11. The van der Waals surface area contributed by atoms with Crippen molar-refractivity contribution >= 4 is 5.78 Å². The monoisotopic (exact) mass is 213 g/mol. The van der Waals surface area contributed by atoms with Gasteiger partial charge in [-0.25, -0.2) is 0 Å². The van der Waals surface area contributed by atoms with Gasteiger partial charge in [-0.15, -0.1) is 0 Å². The Balaban J connectivity index is 4.48. The van der Waals surface area contributed by atoms with Crippen molar-refractivity contribution in [1.29, 1.82) is 0 Å². The average molecular weight is 213 g/mol. The van der Waals surface area contributed by atoms with Gasteiger partial charge >= 0.3 is 0 Å². The van der Waals surface area contributed by atoms with E-state index in [1.54, 1.807) is 0 Å². The van der Waals surface area contributed by atoms with E-state index in [1.807, 2.05) is 27.7 Å². The summed E-state index contributed by atoms with van der Waals surface area (Å²) in [5.74, 6) is 0.351. The molecular formula is C13H27NO. The van der Waals surface area contributed by atoms with Crippen LogP contribution >= 0.6 is 0 Å². The van der Waals surface area contributed by atoms with E-state index >= 15 is 0 Å². The number of Topliss-reactive ketones (excluding diaryl/α,β-unsaturated/α-hetero) is 1. The van der Waals surface area contributed by atoms with Gasteiger partial charge in [0, 0.05) is 5.41 Å². The Bertz CT molecular complexity index is 187. The van der Waals surface area contributed by atoms with Crippen LogP contribution in [0.5, 0.6) is 0 Å². The second kappa shape index (κ2) is 6.26. The van der Waals surface area contributed by atoms with Crippen LogP contribution in [0.15, 0.2) is 0 Å². The Hall–Kier alpha value is -0.370. The fourth-order valence-corrected chi connectivity index (χ4v) is 1.87. The van der Waals surface area contributed by atoms with Crippen LogP contribution in [0.3, 0.4) is 0 Å². The molecule has 0 aromatic carbocycles. The molecule has 0 rings (SSSR count). The Morgan fingerprint density at radius 1 is 1.13 bits per heavy atom. The highest BCUT2D eigenvalue weighted by atomic mass is 16.1. The van der Waals surface area contributed by atoms with E-state index in [0.29, 0.717) is 5.78 Å². The van der Waals surface area contributed by atoms with Gasteiger partial charge in [0.1, 0.15) is 0 Å². The third kappa shape index (κ3) is 4.78. The number of carbonyl (C=O) groups excluding carboxylic acids is 1. The maximum absolute atomic E-state index is 12.1. The van der Waals surface area contributed by atoms with Gasteiger partial charge in [-0.2, -0.15) is 0 Å². The zero-order valence-electron chi connectivity index (χ0n) is 11.3. The summed E-state index contributed by atoms with van der Waals surface area (Å²) in [6, 6.07) is 0.0601. The third-order valence-electron chi connectivity index (χ3n) is 2.69. The number of ketones is 1. The highest BCUT2D eigenvalue weighted by Crippen LogP contribution is 2.19. The van der Waals surface area contributed by atoms with Gasteiger partial charge in [0.2, 0.25) is 0 Å². The van der Waals surface area contributed by atoms with Crippen LogP contribution in [0.1, 0.15) is 54.4 Å². The summed E-state index contributed by atoms with van der Waals surface area (Å²) < 4.78 is 0. The van der Waals surface area contributed by atoms with Gasteiger partial charge in [-0.1, -0.05) is 34.6 Å². The van der Waals surface area contributed by atoms with Crippen molar-refractivity contribution in [3.8, 4) is 0 Å². The molecule has 0 aromatic heterocycles. The topological polar surface area (TPSA) is 20.3 Å². The molecule has 0 amide bonds. The third-order valence-corrected chi connectivity index (χ3v) is 2.69. The molecule has 0 aliphatic heterocycles. The summed E-state index contributed by atoms with van der Waals surface area (Å²) in [7, 11) is 0. The van der Waals surface area contributed by atoms with E-state index in [4.69, 9.17) is 0 Å². The molecule has 0 bridgehead atoms. The summed E-state index contributed by atoms with van der Waals surface area (Å²) in [6.07, 6.45) is 2.23. The van der Waals surface area contributed by atoms with Gasteiger partial charge in [0.25, 0.3) is 0 Å². The molecule has 0 radical (unpaired) electrons. The lowest BCUT2D eigenvalue weighted by Gasteiger charge is -2.31. The fourth-order valence-electron chi connectivity index (χ4n) is 1.87. The molecule has 0 aliphatic rings. The highest BCUT2D eigenvalue weighted by molar-refractivity contribution is 5.88. The second-order valence-electron chi connectivity index (χ2n) is 5.33. The lowest BCUT2D eigenvalue weighted by molar-refractivity contribution is -0.131. The van der Waals surface area contributed by atoms with Crippen LogP contribution < -0.4 is 0 Å². The molecule has 0 aromatic rings. The Kier molecular flexibility index (Phi) is 6.11. The van der Waals surface area contributed by atoms with Crippen molar-refractivity contribution in [2.75, 3.05) is 13.1 Å². The van der Waals surface area contributed by atoms with Crippen LogP contribution in [0.4, 0.5) is 0 Å². The SMILES string of the molecule is CCCN(CCC)[C@@H](C)C(=O)C(C)(C)C. The molecule has 15 heavy (non-hydrogen) atoms. The van der Waals surface area contributed by atoms with Crippen molar-refractivity contribution in [2.45, 2.75) is 60.4 Å². The first-order valence-electron chi connectivity index (χ1n) is 6.13.